The Labute approximate surface area is 172 Å². The standard InChI is InChI=1S/C21H30Cl2N2O2/c1-27-19-6-2-5-16(10-19)21(26)25(13-15-4-3-9-24-12-15)14-17-7-8-18(22)11-20(17)23/h3-4,9,12,16-20H,2,5-8,10-11,13-14H2,1H3. The molecule has 1 aromatic heterocycles. The van der Waals surface area contributed by atoms with Gasteiger partial charge in [-0.05, 0) is 56.1 Å². The van der Waals surface area contributed by atoms with Crippen LogP contribution in [-0.4, -0.2) is 46.3 Å². The SMILES string of the molecule is COC1CCCC(C(=O)N(Cc2cccnc2)CC2CCC(Cl)CC2Cl)C1. The Morgan fingerprint density at radius 1 is 1.26 bits per heavy atom. The van der Waals surface area contributed by atoms with E-state index in [1.807, 2.05) is 23.2 Å². The first-order valence-corrected chi connectivity index (χ1v) is 10.9. The lowest BCUT2D eigenvalue weighted by atomic mass is 9.84. The second-order valence-electron chi connectivity index (χ2n) is 7.99. The van der Waals surface area contributed by atoms with Crippen molar-refractivity contribution in [3.63, 3.8) is 0 Å². The lowest BCUT2D eigenvalue weighted by Crippen LogP contribution is -2.44. The van der Waals surface area contributed by atoms with Gasteiger partial charge < -0.3 is 9.64 Å². The van der Waals surface area contributed by atoms with Crippen molar-refractivity contribution in [2.45, 2.75) is 68.3 Å². The number of methoxy groups -OCH3 is 1. The highest BCUT2D eigenvalue weighted by atomic mass is 35.5. The number of pyridine rings is 1. The van der Waals surface area contributed by atoms with E-state index in [1.54, 1.807) is 13.3 Å². The third-order valence-electron chi connectivity index (χ3n) is 6.01. The van der Waals surface area contributed by atoms with Crippen LogP contribution < -0.4 is 0 Å². The zero-order valence-electron chi connectivity index (χ0n) is 16.0. The highest BCUT2D eigenvalue weighted by Gasteiger charge is 2.34. The van der Waals surface area contributed by atoms with E-state index < -0.39 is 0 Å². The monoisotopic (exact) mass is 412 g/mol. The molecule has 2 saturated carbocycles. The average Bonchev–Trinajstić information content (AvgIpc) is 2.69. The van der Waals surface area contributed by atoms with Gasteiger partial charge in [-0.1, -0.05) is 12.5 Å². The number of carbonyl (C=O) groups excluding carboxylic acids is 1. The van der Waals surface area contributed by atoms with Gasteiger partial charge in [-0.3, -0.25) is 9.78 Å². The largest absolute Gasteiger partial charge is 0.381 e. The molecule has 1 aromatic rings. The smallest absolute Gasteiger partial charge is 0.226 e. The van der Waals surface area contributed by atoms with Crippen molar-refractivity contribution in [1.29, 1.82) is 0 Å². The summed E-state index contributed by atoms with van der Waals surface area (Å²) in [5.41, 5.74) is 1.06. The van der Waals surface area contributed by atoms with E-state index in [0.29, 0.717) is 19.0 Å². The molecule has 1 amide bonds. The molecule has 0 radical (unpaired) electrons. The Morgan fingerprint density at radius 3 is 2.81 bits per heavy atom. The molecule has 4 nitrogen and oxygen atoms in total. The van der Waals surface area contributed by atoms with Crippen LogP contribution >= 0.6 is 23.2 Å². The van der Waals surface area contributed by atoms with Crippen molar-refractivity contribution in [3.8, 4) is 0 Å². The van der Waals surface area contributed by atoms with E-state index in [9.17, 15) is 4.79 Å². The second kappa shape index (κ2) is 10.1. The maximum atomic E-state index is 13.4. The fraction of sp³-hybridized carbons (Fsp3) is 0.714. The summed E-state index contributed by atoms with van der Waals surface area (Å²) in [6.45, 7) is 1.28. The predicted molar refractivity (Wildman–Crippen MR) is 109 cm³/mol. The minimum absolute atomic E-state index is 0.0310. The molecule has 2 aliphatic rings. The summed E-state index contributed by atoms with van der Waals surface area (Å²) in [4.78, 5) is 19.6. The van der Waals surface area contributed by atoms with Crippen LogP contribution in [0.25, 0.3) is 0 Å². The summed E-state index contributed by atoms with van der Waals surface area (Å²) < 4.78 is 5.53. The highest BCUT2D eigenvalue weighted by molar-refractivity contribution is 6.24. The number of carbonyl (C=O) groups is 1. The van der Waals surface area contributed by atoms with Crippen LogP contribution in [0.3, 0.4) is 0 Å². The molecular weight excluding hydrogens is 383 g/mol. The van der Waals surface area contributed by atoms with Crippen molar-refractivity contribution in [1.82, 2.24) is 9.88 Å². The fourth-order valence-corrected chi connectivity index (χ4v) is 5.24. The number of hydrogen-bond acceptors (Lipinski definition) is 3. The maximum Gasteiger partial charge on any atom is 0.226 e. The molecule has 0 aromatic carbocycles. The van der Waals surface area contributed by atoms with E-state index in [0.717, 1.165) is 50.5 Å². The summed E-state index contributed by atoms with van der Waals surface area (Å²) >= 11 is 12.9. The van der Waals surface area contributed by atoms with Gasteiger partial charge in [0.15, 0.2) is 0 Å². The molecule has 0 bridgehead atoms. The molecule has 2 aliphatic carbocycles. The quantitative estimate of drug-likeness (QED) is 0.639. The fourth-order valence-electron chi connectivity index (χ4n) is 4.41. The van der Waals surface area contributed by atoms with Crippen LogP contribution in [0.15, 0.2) is 24.5 Å². The number of ether oxygens (including phenoxy) is 1. The summed E-state index contributed by atoms with van der Waals surface area (Å²) in [5.74, 6) is 0.570. The van der Waals surface area contributed by atoms with E-state index >= 15 is 0 Å². The molecule has 2 fully saturated rings. The molecule has 150 valence electrons. The molecular formula is C21H30Cl2N2O2. The van der Waals surface area contributed by atoms with Crippen LogP contribution in [0.4, 0.5) is 0 Å². The third-order valence-corrected chi connectivity index (χ3v) is 6.95. The first-order valence-electron chi connectivity index (χ1n) is 10.1. The van der Waals surface area contributed by atoms with Crippen LogP contribution in [0.5, 0.6) is 0 Å². The van der Waals surface area contributed by atoms with Crippen molar-refractivity contribution in [3.05, 3.63) is 30.1 Å². The topological polar surface area (TPSA) is 42.4 Å². The number of aromatic nitrogens is 1. The second-order valence-corrected chi connectivity index (χ2v) is 9.17. The van der Waals surface area contributed by atoms with E-state index in [4.69, 9.17) is 27.9 Å². The van der Waals surface area contributed by atoms with Crippen LogP contribution in [0, 0.1) is 11.8 Å². The number of alkyl halides is 2. The molecule has 0 aliphatic heterocycles. The van der Waals surface area contributed by atoms with Crippen molar-refractivity contribution < 1.29 is 9.53 Å². The van der Waals surface area contributed by atoms with Gasteiger partial charge in [-0.15, -0.1) is 23.2 Å². The number of amides is 1. The number of hydrogen-bond donors (Lipinski definition) is 0. The third kappa shape index (κ3) is 5.82. The Kier molecular flexibility index (Phi) is 7.80. The zero-order valence-corrected chi connectivity index (χ0v) is 17.5. The van der Waals surface area contributed by atoms with Crippen molar-refractivity contribution in [2.75, 3.05) is 13.7 Å². The Bertz CT molecular complexity index is 601. The molecule has 5 atom stereocenters. The molecule has 3 rings (SSSR count). The highest BCUT2D eigenvalue weighted by Crippen LogP contribution is 2.34. The van der Waals surface area contributed by atoms with Gasteiger partial charge in [-0.25, -0.2) is 0 Å². The summed E-state index contributed by atoms with van der Waals surface area (Å²) in [6.07, 6.45) is 10.4. The van der Waals surface area contributed by atoms with E-state index in [2.05, 4.69) is 4.98 Å². The van der Waals surface area contributed by atoms with Gasteiger partial charge in [0.05, 0.1) is 6.10 Å². The average molecular weight is 413 g/mol. The Balaban J connectivity index is 1.71. The first kappa shape index (κ1) is 20.9. The van der Waals surface area contributed by atoms with E-state index in [-0.39, 0.29) is 28.7 Å². The summed E-state index contributed by atoms with van der Waals surface area (Å²) in [6, 6.07) is 3.95. The first-order chi connectivity index (χ1) is 13.1. The lowest BCUT2D eigenvalue weighted by molar-refractivity contribution is -0.139. The van der Waals surface area contributed by atoms with Crippen molar-refractivity contribution >= 4 is 29.1 Å². The molecule has 0 spiro atoms. The molecule has 27 heavy (non-hydrogen) atoms. The molecule has 5 unspecified atom stereocenters. The zero-order chi connectivity index (χ0) is 19.2. The van der Waals surface area contributed by atoms with Gasteiger partial charge in [0, 0.05) is 49.3 Å². The van der Waals surface area contributed by atoms with Gasteiger partial charge in [0.25, 0.3) is 0 Å². The number of rotatable bonds is 6. The van der Waals surface area contributed by atoms with E-state index in [1.165, 1.54) is 0 Å². The Hall–Kier alpha value is -0.840. The van der Waals surface area contributed by atoms with Crippen molar-refractivity contribution in [2.24, 2.45) is 11.8 Å². The van der Waals surface area contributed by atoms with Crippen LogP contribution in [-0.2, 0) is 16.1 Å². The maximum absolute atomic E-state index is 13.4. The number of nitrogens with zero attached hydrogens (tertiary/aromatic N) is 2. The van der Waals surface area contributed by atoms with Gasteiger partial charge in [-0.2, -0.15) is 0 Å². The van der Waals surface area contributed by atoms with Crippen LogP contribution in [0.2, 0.25) is 0 Å². The Morgan fingerprint density at radius 2 is 2.11 bits per heavy atom. The summed E-state index contributed by atoms with van der Waals surface area (Å²) in [7, 11) is 1.74. The number of halogens is 2. The molecule has 6 heteroatoms. The lowest BCUT2D eigenvalue weighted by Gasteiger charge is -2.37. The van der Waals surface area contributed by atoms with Gasteiger partial charge in [0.2, 0.25) is 5.91 Å². The normalized spacial score (nSPS) is 31.4. The molecule has 0 N–H and O–H groups in total. The minimum atomic E-state index is 0.0310. The van der Waals surface area contributed by atoms with Gasteiger partial charge >= 0.3 is 0 Å². The minimum Gasteiger partial charge on any atom is -0.381 e. The predicted octanol–water partition coefficient (Wildman–Crippen LogP) is 4.63. The molecule has 0 saturated heterocycles. The van der Waals surface area contributed by atoms with Crippen LogP contribution in [0.1, 0.15) is 50.5 Å². The summed E-state index contributed by atoms with van der Waals surface area (Å²) in [5, 5.41) is 0.190. The molecule has 1 heterocycles. The van der Waals surface area contributed by atoms with Gasteiger partial charge in [0.1, 0.15) is 0 Å².